The van der Waals surface area contributed by atoms with Gasteiger partial charge in [-0.05, 0) is 47.8 Å². The summed E-state index contributed by atoms with van der Waals surface area (Å²) < 4.78 is 28.3. The van der Waals surface area contributed by atoms with Gasteiger partial charge in [-0.25, -0.2) is 0 Å². The van der Waals surface area contributed by atoms with E-state index in [2.05, 4.69) is 61.2 Å². The van der Waals surface area contributed by atoms with Crippen molar-refractivity contribution in [3.63, 3.8) is 0 Å². The van der Waals surface area contributed by atoms with Gasteiger partial charge in [0.15, 0.2) is 0 Å². The van der Waals surface area contributed by atoms with E-state index >= 15 is 0 Å². The molecule has 0 saturated heterocycles. The Morgan fingerprint density at radius 1 is 0.380 bits per heavy atom. The lowest BCUT2D eigenvalue weighted by Crippen LogP contribution is -2.28. The van der Waals surface area contributed by atoms with Gasteiger partial charge in [-0.2, -0.15) is 0 Å². The topological polar surface area (TPSA) is 36.9 Å². The van der Waals surface area contributed by atoms with Crippen LogP contribution < -0.4 is 17.7 Å². The summed E-state index contributed by atoms with van der Waals surface area (Å²) >= 11 is 0. The number of benzene rings is 1. The van der Waals surface area contributed by atoms with E-state index in [9.17, 15) is 0 Å². The van der Waals surface area contributed by atoms with Crippen LogP contribution in [0.3, 0.4) is 0 Å². The van der Waals surface area contributed by atoms with Gasteiger partial charge < -0.3 is 17.7 Å². The molecule has 0 N–H and O–H groups in total. The highest BCUT2D eigenvalue weighted by Crippen LogP contribution is 2.44. The molecule has 4 unspecified atom stereocenters. The maximum atomic E-state index is 7.08. The summed E-state index contributed by atoms with van der Waals surface area (Å²) in [5, 5.41) is 0. The molecule has 4 fully saturated rings. The molecule has 8 heteroatoms. The van der Waals surface area contributed by atoms with Gasteiger partial charge in [-0.15, -0.1) is 26.3 Å². The van der Waals surface area contributed by atoms with Crippen LogP contribution in [0, 0.1) is 23.7 Å². The average Bonchev–Trinajstić information content (AvgIpc) is 3.16. The Kier molecular flexibility index (Phi) is 17.1. The first-order valence-corrected chi connectivity index (χ1v) is 28.7. The maximum absolute atomic E-state index is 7.08. The summed E-state index contributed by atoms with van der Waals surface area (Å²) in [7, 11) is -6.96. The minimum absolute atomic E-state index is 0.745. The van der Waals surface area contributed by atoms with E-state index in [1.807, 2.05) is 0 Å². The molecule has 5 rings (SSSR count). The van der Waals surface area contributed by atoms with E-state index in [1.165, 1.54) is 128 Å². The Morgan fingerprint density at radius 3 is 0.760 bits per heavy atom. The molecule has 1 aromatic carbocycles. The van der Waals surface area contributed by atoms with Crippen molar-refractivity contribution < 1.29 is 17.7 Å². The van der Waals surface area contributed by atoms with Gasteiger partial charge in [-0.3, -0.25) is 0 Å². The molecular weight excluding hydrogens is 681 g/mol. The first-order chi connectivity index (χ1) is 24.6. The van der Waals surface area contributed by atoms with E-state index in [1.54, 1.807) is 0 Å². The minimum Gasteiger partial charge on any atom is -0.540 e. The Labute approximate surface area is 313 Å². The highest BCUT2D eigenvalue weighted by Gasteiger charge is 2.29. The molecule has 4 atom stereocenters. The highest BCUT2D eigenvalue weighted by atomic mass is 28.3. The van der Waals surface area contributed by atoms with Crippen LogP contribution in [0.2, 0.25) is 24.2 Å². The first kappa shape index (κ1) is 39.5. The van der Waals surface area contributed by atoms with Crippen molar-refractivity contribution in [3.05, 3.63) is 61.2 Å². The van der Waals surface area contributed by atoms with Crippen molar-refractivity contribution in [2.45, 2.75) is 153 Å². The quantitative estimate of drug-likeness (QED) is 0.124. The van der Waals surface area contributed by atoms with Crippen LogP contribution in [0.1, 0.15) is 128 Å². The fraction of sp³-hybridized carbons (Fsp3) is 0.667. The van der Waals surface area contributed by atoms with Crippen molar-refractivity contribution >= 4 is 36.2 Å². The third-order valence-electron chi connectivity index (χ3n) is 12.3. The molecule has 4 aliphatic carbocycles. The molecule has 0 aromatic heterocycles. The second-order valence-electron chi connectivity index (χ2n) is 16.3. The van der Waals surface area contributed by atoms with Crippen LogP contribution in [0.15, 0.2) is 61.2 Å². The maximum Gasteiger partial charge on any atom is 0.260 e. The lowest BCUT2D eigenvalue weighted by molar-refractivity contribution is 0.369. The zero-order chi connectivity index (χ0) is 35.0. The zero-order valence-corrected chi connectivity index (χ0v) is 36.1. The summed E-state index contributed by atoms with van der Waals surface area (Å²) in [6.07, 6.45) is 26.8. The second kappa shape index (κ2) is 21.7. The molecular formula is C42H70O4Si4. The standard InChI is InChI=1S/C42H70O4Si4/c1-5-47(31-35-21-13-9-14-22-35)43-39-29-41(45-49(7-3)33-37-25-17-11-18-26-37)42(46-50(8-4)34-38-27-19-12-20-28-38)30-40(39)44-48(6-2)32-36-23-15-10-16-24-36/h5-8,29-30,35-38,47-50H,1-4,9-28,31-34H2. The van der Waals surface area contributed by atoms with Gasteiger partial charge in [0.1, 0.15) is 23.0 Å². The minimum atomic E-state index is -1.74. The van der Waals surface area contributed by atoms with Gasteiger partial charge in [0, 0.05) is 12.1 Å². The summed E-state index contributed by atoms with van der Waals surface area (Å²) in [5.41, 5.74) is 8.57. The zero-order valence-electron chi connectivity index (χ0n) is 31.5. The Bertz CT molecular complexity index is 1010. The van der Waals surface area contributed by atoms with Crippen LogP contribution in [0.5, 0.6) is 23.0 Å². The van der Waals surface area contributed by atoms with E-state index in [0.29, 0.717) is 0 Å². The van der Waals surface area contributed by atoms with Gasteiger partial charge in [0.2, 0.25) is 0 Å². The first-order valence-electron chi connectivity index (χ1n) is 20.9. The van der Waals surface area contributed by atoms with E-state index in [4.69, 9.17) is 17.7 Å². The summed E-state index contributed by atoms with van der Waals surface area (Å²) in [5.74, 6) is 6.32. The lowest BCUT2D eigenvalue weighted by Gasteiger charge is -2.30. The molecule has 0 radical (unpaired) electrons. The Morgan fingerprint density at radius 2 is 0.580 bits per heavy atom. The molecule has 1 aromatic rings. The number of rotatable bonds is 20. The van der Waals surface area contributed by atoms with E-state index in [-0.39, 0.29) is 0 Å². The molecule has 0 heterocycles. The van der Waals surface area contributed by atoms with Crippen molar-refractivity contribution in [1.82, 2.24) is 0 Å². The summed E-state index contributed by atoms with van der Waals surface area (Å²) in [4.78, 5) is 0. The van der Waals surface area contributed by atoms with Crippen molar-refractivity contribution in [3.8, 4) is 23.0 Å². The lowest BCUT2D eigenvalue weighted by atomic mass is 9.91. The van der Waals surface area contributed by atoms with Crippen LogP contribution >= 0.6 is 0 Å². The fourth-order valence-corrected chi connectivity index (χ4v) is 17.4. The molecule has 0 spiro atoms. The smallest absolute Gasteiger partial charge is 0.260 e. The molecule has 278 valence electrons. The second-order valence-corrected chi connectivity index (χ2v) is 25.3. The third kappa shape index (κ3) is 12.7. The molecule has 4 aliphatic rings. The summed E-state index contributed by atoms with van der Waals surface area (Å²) in [6.45, 7) is 17.2. The molecule has 0 aliphatic heterocycles. The van der Waals surface area contributed by atoms with Crippen LogP contribution in [-0.2, 0) is 0 Å². The van der Waals surface area contributed by atoms with Gasteiger partial charge in [-0.1, -0.05) is 151 Å². The Hall–Kier alpha value is -1.75. The normalized spacial score (nSPS) is 22.4. The average molecular weight is 751 g/mol. The van der Waals surface area contributed by atoms with Gasteiger partial charge >= 0.3 is 0 Å². The van der Waals surface area contributed by atoms with Gasteiger partial charge in [0.25, 0.3) is 36.2 Å². The van der Waals surface area contributed by atoms with Crippen LogP contribution in [0.25, 0.3) is 0 Å². The fourth-order valence-electron chi connectivity index (χ4n) is 9.32. The molecule has 0 bridgehead atoms. The SMILES string of the molecule is C=C[SiH](CC1CCCCC1)Oc1cc(O[SiH](C=C)CC2CCCCC2)c(O[SiH](C=C)CC2CCCCC2)cc1O[SiH](C=C)CC1CCCCC1. The third-order valence-corrected chi connectivity index (χ3v) is 21.2. The van der Waals surface area contributed by atoms with Gasteiger partial charge in [0.05, 0.1) is 0 Å². The van der Waals surface area contributed by atoms with E-state index < -0.39 is 36.2 Å². The monoisotopic (exact) mass is 750 g/mol. The molecule has 4 saturated carbocycles. The van der Waals surface area contributed by atoms with Crippen molar-refractivity contribution in [2.24, 2.45) is 23.7 Å². The molecule has 4 nitrogen and oxygen atoms in total. The Balaban J connectivity index is 1.46. The number of hydrogen-bond donors (Lipinski definition) is 0. The largest absolute Gasteiger partial charge is 0.540 e. The van der Waals surface area contributed by atoms with Crippen molar-refractivity contribution in [1.29, 1.82) is 0 Å². The molecule has 0 amide bonds. The molecule has 50 heavy (non-hydrogen) atoms. The van der Waals surface area contributed by atoms with Crippen LogP contribution in [-0.4, -0.2) is 36.2 Å². The van der Waals surface area contributed by atoms with Crippen molar-refractivity contribution in [2.75, 3.05) is 0 Å². The predicted molar refractivity (Wildman–Crippen MR) is 224 cm³/mol. The number of hydrogen-bond acceptors (Lipinski definition) is 4. The summed E-state index contributed by atoms with van der Waals surface area (Å²) in [6, 6.07) is 8.87. The van der Waals surface area contributed by atoms with Crippen LogP contribution in [0.4, 0.5) is 0 Å². The predicted octanol–water partition coefficient (Wildman–Crippen LogP) is 11.3. The van der Waals surface area contributed by atoms with E-state index in [0.717, 1.165) is 70.8 Å². The highest BCUT2D eigenvalue weighted by molar-refractivity contribution is 6.60.